The summed E-state index contributed by atoms with van der Waals surface area (Å²) in [5, 5.41) is 114. The Kier molecular flexibility index (Phi) is 24.8. The summed E-state index contributed by atoms with van der Waals surface area (Å²) in [4.78, 5) is 25.2. The predicted molar refractivity (Wildman–Crippen MR) is 247 cm³/mol. The SMILES string of the molecule is CNC(=O)N[C@H]1[C@@H]2C[C@@H](OC3OC(C)C(O)C(N)C3O)/C=C/C=C/C=C/C=C/C=C/C=C/C=C/[C@H](C)[C@@H](O)[C@@H](C)[C@H](C)OC(=O)C[C@H](O)C[C@H](O)CC[C@@H](O)[C@H](O)C[C@H](O)C[C@](O)(C[C@@H]1O)O2. The van der Waals surface area contributed by atoms with Gasteiger partial charge in [-0.1, -0.05) is 98.9 Å². The van der Waals surface area contributed by atoms with Crippen LogP contribution >= 0.6 is 0 Å². The van der Waals surface area contributed by atoms with Gasteiger partial charge in [0.1, 0.15) is 12.2 Å². The highest BCUT2D eigenvalue weighted by Gasteiger charge is 2.49. The first-order valence-electron chi connectivity index (χ1n) is 23.1. The number of ether oxygens (including phenoxy) is 4. The number of carbonyl (C=O) groups is 2. The molecule has 0 aliphatic carbocycles. The molecule has 14 N–H and O–H groups in total. The lowest BCUT2D eigenvalue weighted by atomic mass is 9.87. The molecule has 0 aromatic carbocycles. The fourth-order valence-corrected chi connectivity index (χ4v) is 8.06. The van der Waals surface area contributed by atoms with Crippen LogP contribution in [0.5, 0.6) is 0 Å². The Morgan fingerprint density at radius 3 is 1.87 bits per heavy atom. The minimum Gasteiger partial charge on any atom is -0.462 e. The number of rotatable bonds is 3. The monoisotopic (exact) mass is 952 g/mol. The van der Waals surface area contributed by atoms with Gasteiger partial charge in [-0.25, -0.2) is 4.79 Å². The number of esters is 1. The molecule has 5 unspecified atom stereocenters. The van der Waals surface area contributed by atoms with Crippen LogP contribution in [-0.2, 0) is 23.7 Å². The molecule has 19 atom stereocenters. The van der Waals surface area contributed by atoms with Crippen LogP contribution in [-0.4, -0.2) is 174 Å². The Hall–Kier alpha value is -3.64. The quantitative estimate of drug-likeness (QED) is 0.169. The maximum atomic E-state index is 12.6. The molecule has 3 heterocycles. The zero-order valence-electron chi connectivity index (χ0n) is 39.1. The topological polar surface area (TPSA) is 323 Å². The second-order valence-electron chi connectivity index (χ2n) is 18.0. The van der Waals surface area contributed by atoms with E-state index in [4.69, 9.17) is 24.7 Å². The molecule has 19 heteroatoms. The van der Waals surface area contributed by atoms with Crippen LogP contribution in [0.3, 0.4) is 0 Å². The number of nitrogens with two attached hydrogens (primary N) is 1. The van der Waals surface area contributed by atoms with Crippen LogP contribution in [0.2, 0.25) is 0 Å². The largest absolute Gasteiger partial charge is 0.462 e. The Morgan fingerprint density at radius 2 is 1.27 bits per heavy atom. The Morgan fingerprint density at radius 1 is 0.687 bits per heavy atom. The zero-order valence-corrected chi connectivity index (χ0v) is 39.1. The first kappa shape index (κ1) is 57.7. The third-order valence-electron chi connectivity index (χ3n) is 12.3. The lowest BCUT2D eigenvalue weighted by Crippen LogP contribution is -2.63. The molecule has 0 aromatic heterocycles. The number of nitrogens with one attached hydrogen (secondary N) is 2. The summed E-state index contributed by atoms with van der Waals surface area (Å²) in [6, 6.07) is -2.93. The fraction of sp³-hybridized carbons (Fsp3) is 0.667. The van der Waals surface area contributed by atoms with Crippen LogP contribution in [0.15, 0.2) is 85.1 Å². The van der Waals surface area contributed by atoms with Gasteiger partial charge in [0.15, 0.2) is 12.1 Å². The van der Waals surface area contributed by atoms with Crippen LogP contribution in [0, 0.1) is 11.8 Å². The van der Waals surface area contributed by atoms with E-state index in [1.54, 1.807) is 69.4 Å². The van der Waals surface area contributed by atoms with Crippen molar-refractivity contribution < 1.29 is 79.6 Å². The van der Waals surface area contributed by atoms with E-state index >= 15 is 0 Å². The maximum absolute atomic E-state index is 12.6. The van der Waals surface area contributed by atoms with Crippen molar-refractivity contribution in [3.05, 3.63) is 85.1 Å². The van der Waals surface area contributed by atoms with Gasteiger partial charge in [-0.05, 0) is 33.1 Å². The van der Waals surface area contributed by atoms with Crippen LogP contribution in [0.4, 0.5) is 4.79 Å². The number of aliphatic hydroxyl groups excluding tert-OH is 9. The van der Waals surface area contributed by atoms with E-state index in [9.17, 15) is 60.7 Å². The van der Waals surface area contributed by atoms with E-state index in [-0.39, 0.29) is 31.6 Å². The summed E-state index contributed by atoms with van der Waals surface area (Å²) in [7, 11) is 1.37. The van der Waals surface area contributed by atoms with E-state index in [0.717, 1.165) is 0 Å². The number of hydrogen-bond donors (Lipinski definition) is 13. The van der Waals surface area contributed by atoms with Crippen LogP contribution < -0.4 is 16.4 Å². The predicted octanol–water partition coefficient (Wildman–Crippen LogP) is 0.309. The van der Waals surface area contributed by atoms with E-state index in [2.05, 4.69) is 10.6 Å². The van der Waals surface area contributed by atoms with Gasteiger partial charge in [-0.15, -0.1) is 0 Å². The number of allylic oxidation sites excluding steroid dienone is 12. The van der Waals surface area contributed by atoms with E-state index in [0.29, 0.717) is 0 Å². The van der Waals surface area contributed by atoms with Crippen LogP contribution in [0.25, 0.3) is 0 Å². The average Bonchev–Trinajstić information content (AvgIpc) is 3.26. The molecule has 0 saturated carbocycles. The number of aliphatic hydroxyl groups is 10. The highest BCUT2D eigenvalue weighted by Crippen LogP contribution is 2.35. The minimum absolute atomic E-state index is 0.0901. The molecule has 3 rings (SSSR count). The third-order valence-corrected chi connectivity index (χ3v) is 12.3. The van der Waals surface area contributed by atoms with E-state index in [1.165, 1.54) is 7.05 Å². The molecule has 0 spiro atoms. The Bertz CT molecular complexity index is 1710. The number of urea groups is 1. The van der Waals surface area contributed by atoms with Crippen molar-refractivity contribution >= 4 is 12.0 Å². The molecule has 2 fully saturated rings. The summed E-state index contributed by atoms with van der Waals surface area (Å²) in [6.45, 7) is 6.79. The lowest BCUT2D eigenvalue weighted by molar-refractivity contribution is -0.303. The number of fused-ring (bicyclic) bond motifs is 2. The molecule has 3 aliphatic heterocycles. The number of carbonyl (C=O) groups excluding carboxylic acids is 2. The normalized spacial score (nSPS) is 44.4. The Balaban J connectivity index is 1.89. The first-order valence-corrected chi connectivity index (χ1v) is 23.1. The van der Waals surface area contributed by atoms with Crippen molar-refractivity contribution in [3.8, 4) is 0 Å². The van der Waals surface area contributed by atoms with Crippen molar-refractivity contribution in [1.29, 1.82) is 0 Å². The zero-order chi connectivity index (χ0) is 49.8. The van der Waals surface area contributed by atoms with E-state index in [1.807, 2.05) is 43.4 Å². The molecule has 2 saturated heterocycles. The summed E-state index contributed by atoms with van der Waals surface area (Å²) < 4.78 is 23.6. The molecule has 0 radical (unpaired) electrons. The van der Waals surface area contributed by atoms with Gasteiger partial charge in [0, 0.05) is 44.6 Å². The molecule has 0 aromatic rings. The van der Waals surface area contributed by atoms with Gasteiger partial charge in [-0.3, -0.25) is 4.79 Å². The van der Waals surface area contributed by atoms with E-state index < -0.39 is 147 Å². The lowest BCUT2D eigenvalue weighted by Gasteiger charge is -2.46. The molecule has 2 bridgehead atoms. The van der Waals surface area contributed by atoms with Gasteiger partial charge in [0.2, 0.25) is 0 Å². The number of amides is 2. The molecular formula is C48H77N3O16. The molecular weight excluding hydrogens is 875 g/mol. The summed E-state index contributed by atoms with van der Waals surface area (Å²) in [5.74, 6) is -3.68. The van der Waals surface area contributed by atoms with Gasteiger partial charge in [-0.2, -0.15) is 0 Å². The summed E-state index contributed by atoms with van der Waals surface area (Å²) in [6.07, 6.45) is 5.17. The Labute approximate surface area is 393 Å². The smallest absolute Gasteiger partial charge is 0.314 e. The van der Waals surface area contributed by atoms with Gasteiger partial charge in [0.05, 0.1) is 85.6 Å². The first-order chi connectivity index (χ1) is 31.6. The van der Waals surface area contributed by atoms with Crippen LogP contribution in [0.1, 0.15) is 79.1 Å². The van der Waals surface area contributed by atoms with Crippen molar-refractivity contribution in [2.45, 2.75) is 183 Å². The second-order valence-corrected chi connectivity index (χ2v) is 18.0. The highest BCUT2D eigenvalue weighted by atomic mass is 16.7. The third kappa shape index (κ3) is 19.7. The van der Waals surface area contributed by atoms with Crippen molar-refractivity contribution in [2.24, 2.45) is 17.6 Å². The standard InChI is InChI=1S/C48H77N3O16/c1-28-18-16-14-12-10-8-6-7-9-11-13-15-17-19-35(66-46-45(61)41(49)44(60)31(4)65-46)25-39-42(51-47(62)50-5)38(57)27-48(63,67-39)26-34(54)23-37(56)36(55)21-20-32(52)22-33(53)24-40(58)64-30(3)29(2)43(28)59/h6-19,28-39,41-46,52-57,59-61,63H,20-27,49H2,1-5H3,(H2,50,51,62)/b7-6+,10-8+,11-9+,14-12+,15-13+,18-16+,19-17+/t28-,29-,30-,31?,32+,33+,34-,35-,36+,37+,38-,39-,41?,42+,43+,44?,45?,46?,48+/m0/s1. The summed E-state index contributed by atoms with van der Waals surface area (Å²) in [5.41, 5.74) is 6.07. The van der Waals surface area contributed by atoms with Gasteiger partial charge < -0.3 is 86.4 Å². The molecule has 67 heavy (non-hydrogen) atoms. The minimum atomic E-state index is -2.23. The molecule has 19 nitrogen and oxygen atoms in total. The van der Waals surface area contributed by atoms with Crippen molar-refractivity contribution in [1.82, 2.24) is 10.6 Å². The highest BCUT2D eigenvalue weighted by molar-refractivity contribution is 5.74. The number of hydrogen-bond acceptors (Lipinski definition) is 17. The second kappa shape index (κ2) is 28.8. The number of cyclic esters (lactones) is 1. The molecule has 380 valence electrons. The maximum Gasteiger partial charge on any atom is 0.314 e. The van der Waals surface area contributed by atoms with Crippen molar-refractivity contribution in [3.63, 3.8) is 0 Å². The molecule has 2 amide bonds. The fourth-order valence-electron chi connectivity index (χ4n) is 8.06. The van der Waals surface area contributed by atoms with Gasteiger partial charge >= 0.3 is 12.0 Å². The summed E-state index contributed by atoms with van der Waals surface area (Å²) >= 11 is 0. The van der Waals surface area contributed by atoms with Gasteiger partial charge in [0.25, 0.3) is 0 Å². The van der Waals surface area contributed by atoms with Crippen molar-refractivity contribution in [2.75, 3.05) is 7.05 Å². The molecule has 3 aliphatic rings. The average molecular weight is 952 g/mol.